The molecule has 0 radical (unpaired) electrons. The molecule has 1 nitrogen and oxygen atoms in total. The second kappa shape index (κ2) is 6.58. The Hall–Kier alpha value is -0.800. The molecule has 0 N–H and O–H groups in total. The van der Waals surface area contributed by atoms with Gasteiger partial charge in [-0.15, -0.1) is 0 Å². The monoisotopic (exact) mass is 381 g/mol. The van der Waals surface area contributed by atoms with Gasteiger partial charge in [-0.2, -0.15) is 0 Å². The summed E-state index contributed by atoms with van der Waals surface area (Å²) in [6.07, 6.45) is 0. The Balaban J connectivity index is 2.39. The number of hydrogen-bond acceptors (Lipinski definition) is 1. The Kier molecular flexibility index (Phi) is 5.06. The molecule has 0 unspecified atom stereocenters. The summed E-state index contributed by atoms with van der Waals surface area (Å²) in [4.78, 5) is 2.32. The molecule has 19 heavy (non-hydrogen) atoms. The summed E-state index contributed by atoms with van der Waals surface area (Å²) in [7, 11) is 0. The summed E-state index contributed by atoms with van der Waals surface area (Å²) in [5.41, 5.74) is 5.00. The maximum atomic E-state index is 3.64. The molecule has 0 spiro atoms. The molecule has 2 rings (SSSR count). The molecule has 0 aliphatic heterocycles. The molecular formula is C16H17Br2N. The van der Waals surface area contributed by atoms with Crippen LogP contribution in [0.15, 0.2) is 46.9 Å². The van der Waals surface area contributed by atoms with Gasteiger partial charge >= 0.3 is 0 Å². The van der Waals surface area contributed by atoms with Gasteiger partial charge in [-0.3, -0.25) is 0 Å². The lowest BCUT2D eigenvalue weighted by Crippen LogP contribution is -2.16. The van der Waals surface area contributed by atoms with Crippen LogP contribution in [0, 0.1) is 6.92 Å². The van der Waals surface area contributed by atoms with Gasteiger partial charge in [0.1, 0.15) is 0 Å². The highest BCUT2D eigenvalue weighted by Crippen LogP contribution is 2.30. The molecule has 100 valence electrons. The number of alkyl halides is 1. The highest BCUT2D eigenvalue weighted by molar-refractivity contribution is 9.10. The van der Waals surface area contributed by atoms with Gasteiger partial charge in [-0.05, 0) is 49.2 Å². The average Bonchev–Trinajstić information content (AvgIpc) is 2.40. The van der Waals surface area contributed by atoms with Crippen molar-refractivity contribution in [2.75, 3.05) is 11.4 Å². The zero-order valence-electron chi connectivity index (χ0n) is 11.2. The van der Waals surface area contributed by atoms with Crippen molar-refractivity contribution in [3.63, 3.8) is 0 Å². The predicted molar refractivity (Wildman–Crippen MR) is 90.6 cm³/mol. The van der Waals surface area contributed by atoms with E-state index in [1.54, 1.807) is 0 Å². The van der Waals surface area contributed by atoms with Crippen LogP contribution in [-0.2, 0) is 5.33 Å². The van der Waals surface area contributed by atoms with Crippen LogP contribution >= 0.6 is 31.9 Å². The van der Waals surface area contributed by atoms with Crippen molar-refractivity contribution in [1.82, 2.24) is 0 Å². The first kappa shape index (κ1) is 14.6. The smallest absolute Gasteiger partial charge is 0.0422 e. The maximum Gasteiger partial charge on any atom is 0.0422 e. The number of anilines is 2. The minimum atomic E-state index is 0.866. The highest BCUT2D eigenvalue weighted by Gasteiger charge is 2.09. The molecule has 2 aromatic rings. The minimum Gasteiger partial charge on any atom is -0.342 e. The van der Waals surface area contributed by atoms with E-state index in [1.807, 2.05) is 0 Å². The Morgan fingerprint density at radius 2 is 1.79 bits per heavy atom. The van der Waals surface area contributed by atoms with E-state index in [1.165, 1.54) is 22.5 Å². The van der Waals surface area contributed by atoms with Gasteiger partial charge in [0.15, 0.2) is 0 Å². The third-order valence-electron chi connectivity index (χ3n) is 3.12. The average molecular weight is 383 g/mol. The molecule has 0 fully saturated rings. The Morgan fingerprint density at radius 1 is 1.05 bits per heavy atom. The molecule has 2 aromatic carbocycles. The predicted octanol–water partition coefficient (Wildman–Crippen LogP) is 5.81. The fourth-order valence-corrected chi connectivity index (χ4v) is 3.49. The number of benzene rings is 2. The van der Waals surface area contributed by atoms with Gasteiger partial charge in [0.2, 0.25) is 0 Å². The zero-order valence-corrected chi connectivity index (χ0v) is 14.3. The molecule has 0 atom stereocenters. The highest BCUT2D eigenvalue weighted by atomic mass is 79.9. The van der Waals surface area contributed by atoms with Crippen LogP contribution in [0.5, 0.6) is 0 Å². The largest absolute Gasteiger partial charge is 0.342 e. The first-order chi connectivity index (χ1) is 9.15. The van der Waals surface area contributed by atoms with Gasteiger partial charge < -0.3 is 4.90 Å². The Morgan fingerprint density at radius 3 is 2.37 bits per heavy atom. The topological polar surface area (TPSA) is 3.24 Å². The molecule has 3 heteroatoms. The fourth-order valence-electron chi connectivity index (χ4n) is 2.12. The van der Waals surface area contributed by atoms with E-state index >= 15 is 0 Å². The van der Waals surface area contributed by atoms with Crippen LogP contribution in [0.1, 0.15) is 18.1 Å². The molecule has 0 saturated carbocycles. The molecule has 0 aromatic heterocycles. The zero-order chi connectivity index (χ0) is 13.8. The molecule has 0 aliphatic rings. The quantitative estimate of drug-likeness (QED) is 0.603. The van der Waals surface area contributed by atoms with Crippen molar-refractivity contribution in [2.24, 2.45) is 0 Å². The van der Waals surface area contributed by atoms with E-state index in [0.717, 1.165) is 16.3 Å². The van der Waals surface area contributed by atoms with Crippen LogP contribution in [0.2, 0.25) is 0 Å². The third kappa shape index (κ3) is 3.40. The van der Waals surface area contributed by atoms with Crippen molar-refractivity contribution in [1.29, 1.82) is 0 Å². The van der Waals surface area contributed by atoms with E-state index in [4.69, 9.17) is 0 Å². The Bertz CT molecular complexity index is 566. The summed E-state index contributed by atoms with van der Waals surface area (Å²) in [6, 6.07) is 15.1. The van der Waals surface area contributed by atoms with E-state index in [2.05, 4.69) is 93.1 Å². The molecule has 0 saturated heterocycles. The first-order valence-electron chi connectivity index (χ1n) is 6.34. The minimum absolute atomic E-state index is 0.866. The third-order valence-corrected chi connectivity index (χ3v) is 4.46. The van der Waals surface area contributed by atoms with Crippen LogP contribution in [0.3, 0.4) is 0 Å². The van der Waals surface area contributed by atoms with Gasteiger partial charge in [0.05, 0.1) is 0 Å². The second-order valence-electron chi connectivity index (χ2n) is 4.49. The van der Waals surface area contributed by atoms with Crippen LogP contribution < -0.4 is 4.90 Å². The summed E-state index contributed by atoms with van der Waals surface area (Å²) < 4.78 is 1.15. The summed E-state index contributed by atoms with van der Waals surface area (Å²) in [5, 5.41) is 0.866. The van der Waals surface area contributed by atoms with Gasteiger partial charge in [0.25, 0.3) is 0 Å². The number of nitrogens with zero attached hydrogens (tertiary/aromatic N) is 1. The van der Waals surface area contributed by atoms with Crippen molar-refractivity contribution >= 4 is 43.2 Å². The van der Waals surface area contributed by atoms with E-state index in [9.17, 15) is 0 Å². The second-order valence-corrected chi connectivity index (χ2v) is 5.91. The number of aryl methyl sites for hydroxylation is 1. The normalized spacial score (nSPS) is 10.5. The fraction of sp³-hybridized carbons (Fsp3) is 0.250. The molecule has 0 aliphatic carbocycles. The van der Waals surface area contributed by atoms with Gasteiger partial charge in [-0.1, -0.05) is 50.1 Å². The number of rotatable bonds is 4. The summed E-state index contributed by atoms with van der Waals surface area (Å²) >= 11 is 7.13. The van der Waals surface area contributed by atoms with Gasteiger partial charge in [-0.25, -0.2) is 0 Å². The number of hydrogen-bond donors (Lipinski definition) is 0. The lowest BCUT2D eigenvalue weighted by Gasteiger charge is -2.24. The van der Waals surface area contributed by atoms with Crippen LogP contribution in [0.4, 0.5) is 11.4 Å². The first-order valence-corrected chi connectivity index (χ1v) is 8.25. The Labute approximate surface area is 131 Å². The SMILES string of the molecule is CCN(c1cccc(C)c1)c1ccc(CBr)c(Br)c1. The van der Waals surface area contributed by atoms with Crippen molar-refractivity contribution in [3.8, 4) is 0 Å². The molecule has 0 amide bonds. The molecule has 0 bridgehead atoms. The summed E-state index contributed by atoms with van der Waals surface area (Å²) in [6.45, 7) is 5.25. The van der Waals surface area contributed by atoms with Crippen molar-refractivity contribution in [3.05, 3.63) is 58.1 Å². The van der Waals surface area contributed by atoms with Crippen molar-refractivity contribution in [2.45, 2.75) is 19.2 Å². The lowest BCUT2D eigenvalue weighted by molar-refractivity contribution is 1.02. The van der Waals surface area contributed by atoms with Crippen LogP contribution in [-0.4, -0.2) is 6.54 Å². The maximum absolute atomic E-state index is 3.64. The van der Waals surface area contributed by atoms with Gasteiger partial charge in [0, 0.05) is 27.7 Å². The lowest BCUT2D eigenvalue weighted by atomic mass is 10.1. The number of halogens is 2. The van der Waals surface area contributed by atoms with E-state index in [0.29, 0.717) is 0 Å². The van der Waals surface area contributed by atoms with E-state index < -0.39 is 0 Å². The molecular weight excluding hydrogens is 366 g/mol. The van der Waals surface area contributed by atoms with E-state index in [-0.39, 0.29) is 0 Å². The molecule has 0 heterocycles. The standard InChI is InChI=1S/C16H17Br2N/c1-3-19(14-6-4-5-12(2)9-14)15-8-7-13(11-17)16(18)10-15/h4-10H,3,11H2,1-2H3. The van der Waals surface area contributed by atoms with Crippen molar-refractivity contribution < 1.29 is 0 Å². The summed E-state index contributed by atoms with van der Waals surface area (Å²) in [5.74, 6) is 0. The van der Waals surface area contributed by atoms with Crippen LogP contribution in [0.25, 0.3) is 0 Å².